The molecule has 15 heavy (non-hydrogen) atoms. The SMILES string of the molecule is CC1CC(C)(C)CCC12CC(Cl)CCO2. The van der Waals surface area contributed by atoms with Gasteiger partial charge in [0.2, 0.25) is 0 Å². The van der Waals surface area contributed by atoms with Gasteiger partial charge in [0, 0.05) is 12.0 Å². The number of rotatable bonds is 0. The molecule has 2 heteroatoms. The van der Waals surface area contributed by atoms with Crippen LogP contribution < -0.4 is 0 Å². The van der Waals surface area contributed by atoms with Crippen LogP contribution in [0, 0.1) is 11.3 Å². The highest BCUT2D eigenvalue weighted by Crippen LogP contribution is 2.49. The van der Waals surface area contributed by atoms with Crippen LogP contribution in [0.5, 0.6) is 0 Å². The van der Waals surface area contributed by atoms with Crippen LogP contribution in [0.2, 0.25) is 0 Å². The third-order valence-corrected chi connectivity index (χ3v) is 4.74. The lowest BCUT2D eigenvalue weighted by Gasteiger charge is -2.51. The highest BCUT2D eigenvalue weighted by Gasteiger charge is 2.47. The number of alkyl halides is 1. The minimum atomic E-state index is 0.111. The number of ether oxygens (including phenoxy) is 1. The molecule has 0 bridgehead atoms. The Bertz CT molecular complexity index is 239. The Kier molecular flexibility index (Phi) is 3.07. The van der Waals surface area contributed by atoms with E-state index in [1.165, 1.54) is 19.3 Å². The maximum atomic E-state index is 6.30. The first-order valence-corrected chi connectivity index (χ1v) is 6.65. The van der Waals surface area contributed by atoms with E-state index in [1.54, 1.807) is 0 Å². The van der Waals surface area contributed by atoms with Crippen LogP contribution in [-0.4, -0.2) is 17.6 Å². The Morgan fingerprint density at radius 3 is 2.53 bits per heavy atom. The second kappa shape index (κ2) is 3.92. The van der Waals surface area contributed by atoms with Crippen molar-refractivity contribution in [3.8, 4) is 0 Å². The normalized spacial score (nSPS) is 45.6. The molecular weight excluding hydrogens is 208 g/mol. The summed E-state index contributed by atoms with van der Waals surface area (Å²) in [5, 5.41) is 0.336. The van der Waals surface area contributed by atoms with Crippen LogP contribution in [0.4, 0.5) is 0 Å². The van der Waals surface area contributed by atoms with Crippen LogP contribution in [0.3, 0.4) is 0 Å². The first kappa shape index (κ1) is 11.7. The van der Waals surface area contributed by atoms with Gasteiger partial charge in [0.05, 0.1) is 5.60 Å². The average molecular weight is 231 g/mol. The van der Waals surface area contributed by atoms with Crippen molar-refractivity contribution in [1.82, 2.24) is 0 Å². The zero-order valence-corrected chi connectivity index (χ0v) is 10.9. The van der Waals surface area contributed by atoms with Crippen LogP contribution in [-0.2, 0) is 4.74 Å². The molecule has 3 atom stereocenters. The zero-order valence-electron chi connectivity index (χ0n) is 10.2. The highest BCUT2D eigenvalue weighted by atomic mass is 35.5. The predicted octanol–water partition coefficient (Wildman–Crippen LogP) is 3.99. The third-order valence-electron chi connectivity index (χ3n) is 4.37. The molecular formula is C13H23ClO. The van der Waals surface area contributed by atoms with Crippen LogP contribution >= 0.6 is 11.6 Å². The fourth-order valence-corrected chi connectivity index (χ4v) is 3.71. The molecule has 0 radical (unpaired) electrons. The quantitative estimate of drug-likeness (QED) is 0.572. The van der Waals surface area contributed by atoms with Crippen molar-refractivity contribution < 1.29 is 4.74 Å². The highest BCUT2D eigenvalue weighted by molar-refractivity contribution is 6.20. The van der Waals surface area contributed by atoms with E-state index in [-0.39, 0.29) is 5.60 Å². The standard InChI is InChI=1S/C13H23ClO/c1-10-8-12(2,3)5-6-13(10)9-11(14)4-7-15-13/h10-11H,4-9H2,1-3H3. The zero-order chi connectivity index (χ0) is 11.1. The molecule has 0 aromatic rings. The van der Waals surface area contributed by atoms with Crippen LogP contribution in [0.25, 0.3) is 0 Å². The molecule has 1 heterocycles. The molecule has 1 aliphatic heterocycles. The maximum absolute atomic E-state index is 6.30. The van der Waals surface area contributed by atoms with E-state index < -0.39 is 0 Å². The van der Waals surface area contributed by atoms with Gasteiger partial charge in [0.15, 0.2) is 0 Å². The number of halogens is 1. The summed E-state index contributed by atoms with van der Waals surface area (Å²) < 4.78 is 6.10. The first-order chi connectivity index (χ1) is 6.94. The van der Waals surface area contributed by atoms with Crippen molar-refractivity contribution in [2.45, 2.75) is 63.9 Å². The Hall–Kier alpha value is 0.250. The Balaban J connectivity index is 2.09. The Morgan fingerprint density at radius 1 is 1.20 bits per heavy atom. The summed E-state index contributed by atoms with van der Waals surface area (Å²) >= 11 is 6.30. The molecule has 3 unspecified atom stereocenters. The monoisotopic (exact) mass is 230 g/mol. The van der Waals surface area contributed by atoms with Crippen molar-refractivity contribution in [2.75, 3.05) is 6.61 Å². The molecule has 88 valence electrons. The molecule has 2 rings (SSSR count). The van der Waals surface area contributed by atoms with Gasteiger partial charge < -0.3 is 4.74 Å². The topological polar surface area (TPSA) is 9.23 Å². The van der Waals surface area contributed by atoms with E-state index in [2.05, 4.69) is 20.8 Å². The molecule has 1 spiro atoms. The van der Waals surface area contributed by atoms with Gasteiger partial charge in [-0.1, -0.05) is 20.8 Å². The van der Waals surface area contributed by atoms with E-state index in [1.807, 2.05) is 0 Å². The van der Waals surface area contributed by atoms with Gasteiger partial charge in [-0.2, -0.15) is 0 Å². The van der Waals surface area contributed by atoms with Crippen molar-refractivity contribution >= 4 is 11.6 Å². The Labute approximate surface area is 98.5 Å². The first-order valence-electron chi connectivity index (χ1n) is 6.22. The lowest BCUT2D eigenvalue weighted by atomic mass is 9.63. The van der Waals surface area contributed by atoms with Crippen molar-refractivity contribution in [2.24, 2.45) is 11.3 Å². The fourth-order valence-electron chi connectivity index (χ4n) is 3.36. The summed E-state index contributed by atoms with van der Waals surface area (Å²) in [7, 11) is 0. The van der Waals surface area contributed by atoms with E-state index in [4.69, 9.17) is 16.3 Å². The van der Waals surface area contributed by atoms with Gasteiger partial charge in [0.25, 0.3) is 0 Å². The second-order valence-corrected chi connectivity index (χ2v) is 6.89. The second-order valence-electron chi connectivity index (χ2n) is 6.27. The minimum absolute atomic E-state index is 0.111. The van der Waals surface area contributed by atoms with E-state index >= 15 is 0 Å². The molecule has 1 nitrogen and oxygen atoms in total. The van der Waals surface area contributed by atoms with E-state index in [9.17, 15) is 0 Å². The maximum Gasteiger partial charge on any atom is 0.0722 e. The lowest BCUT2D eigenvalue weighted by molar-refractivity contribution is -0.145. The number of hydrogen-bond acceptors (Lipinski definition) is 1. The van der Waals surface area contributed by atoms with Gasteiger partial charge in [-0.25, -0.2) is 0 Å². The van der Waals surface area contributed by atoms with Gasteiger partial charge in [0.1, 0.15) is 0 Å². The third kappa shape index (κ3) is 2.34. The summed E-state index contributed by atoms with van der Waals surface area (Å²) in [6.07, 6.45) is 5.84. The molecule has 0 aromatic heterocycles. The van der Waals surface area contributed by atoms with E-state index in [0.717, 1.165) is 19.4 Å². The summed E-state index contributed by atoms with van der Waals surface area (Å²) in [5.41, 5.74) is 0.605. The van der Waals surface area contributed by atoms with Gasteiger partial charge in [-0.05, 0) is 43.4 Å². The number of hydrogen-bond donors (Lipinski definition) is 0. The van der Waals surface area contributed by atoms with E-state index in [0.29, 0.717) is 16.7 Å². The largest absolute Gasteiger partial charge is 0.375 e. The lowest BCUT2D eigenvalue weighted by Crippen LogP contribution is -2.50. The van der Waals surface area contributed by atoms with Crippen molar-refractivity contribution in [1.29, 1.82) is 0 Å². The average Bonchev–Trinajstić information content (AvgIpc) is 2.12. The van der Waals surface area contributed by atoms with Gasteiger partial charge >= 0.3 is 0 Å². The minimum Gasteiger partial charge on any atom is -0.375 e. The summed E-state index contributed by atoms with van der Waals surface area (Å²) in [6, 6.07) is 0. The van der Waals surface area contributed by atoms with Crippen molar-refractivity contribution in [3.63, 3.8) is 0 Å². The summed E-state index contributed by atoms with van der Waals surface area (Å²) in [5.74, 6) is 0.655. The molecule has 1 aliphatic carbocycles. The van der Waals surface area contributed by atoms with Crippen LogP contribution in [0.1, 0.15) is 52.9 Å². The molecule has 1 saturated carbocycles. The van der Waals surface area contributed by atoms with Gasteiger partial charge in [-0.15, -0.1) is 11.6 Å². The molecule has 2 aliphatic rings. The van der Waals surface area contributed by atoms with Gasteiger partial charge in [-0.3, -0.25) is 0 Å². The smallest absolute Gasteiger partial charge is 0.0722 e. The summed E-state index contributed by atoms with van der Waals surface area (Å²) in [4.78, 5) is 0. The summed E-state index contributed by atoms with van der Waals surface area (Å²) in [6.45, 7) is 7.95. The molecule has 0 N–H and O–H groups in total. The Morgan fingerprint density at radius 2 is 1.93 bits per heavy atom. The molecule has 0 aromatic carbocycles. The van der Waals surface area contributed by atoms with Crippen LogP contribution in [0.15, 0.2) is 0 Å². The fraction of sp³-hybridized carbons (Fsp3) is 1.00. The predicted molar refractivity (Wildman–Crippen MR) is 64.4 cm³/mol. The van der Waals surface area contributed by atoms with Crippen molar-refractivity contribution in [3.05, 3.63) is 0 Å². The molecule has 0 amide bonds. The molecule has 1 saturated heterocycles. The molecule has 2 fully saturated rings.